The fraction of sp³-hybridized carbons (Fsp3) is 0.625. The van der Waals surface area contributed by atoms with Crippen LogP contribution in [0, 0.1) is 5.92 Å². The summed E-state index contributed by atoms with van der Waals surface area (Å²) in [5.74, 6) is 0.811. The molecular weight excluding hydrogens is 236 g/mol. The minimum Gasteiger partial charge on any atom is -0.383 e. The monoisotopic (exact) mass is 262 g/mol. The average molecular weight is 262 g/mol. The third kappa shape index (κ3) is 4.94. The van der Waals surface area contributed by atoms with Crippen molar-refractivity contribution in [2.45, 2.75) is 13.0 Å². The van der Waals surface area contributed by atoms with Crippen molar-refractivity contribution >= 4 is 0 Å². The molecule has 0 bridgehead atoms. The van der Waals surface area contributed by atoms with Gasteiger partial charge in [0.15, 0.2) is 0 Å². The molecule has 1 aliphatic heterocycles. The predicted molar refractivity (Wildman–Crippen MR) is 79.2 cm³/mol. The summed E-state index contributed by atoms with van der Waals surface area (Å²) in [6.07, 6.45) is 1.32. The SMILES string of the molecule is COCCN(C)CC1CCN(Cc2ccccc2)C1. The van der Waals surface area contributed by atoms with Crippen molar-refractivity contribution < 1.29 is 4.74 Å². The molecule has 3 nitrogen and oxygen atoms in total. The fourth-order valence-corrected chi connectivity index (χ4v) is 2.83. The smallest absolute Gasteiger partial charge is 0.0589 e. The first kappa shape index (κ1) is 14.5. The van der Waals surface area contributed by atoms with Crippen LogP contribution < -0.4 is 0 Å². The molecule has 1 fully saturated rings. The Bertz CT molecular complexity index is 355. The van der Waals surface area contributed by atoms with E-state index in [1.165, 1.54) is 31.6 Å². The molecule has 0 aromatic heterocycles. The molecule has 0 amide bonds. The van der Waals surface area contributed by atoms with Gasteiger partial charge in [-0.3, -0.25) is 4.90 Å². The summed E-state index contributed by atoms with van der Waals surface area (Å²) in [5, 5.41) is 0. The van der Waals surface area contributed by atoms with Crippen LogP contribution in [-0.4, -0.2) is 56.7 Å². The number of likely N-dealkylation sites (N-methyl/N-ethyl adjacent to an activating group) is 1. The lowest BCUT2D eigenvalue weighted by molar-refractivity contribution is 0.152. The molecular formula is C16H26N2O. The molecule has 1 aromatic rings. The van der Waals surface area contributed by atoms with Gasteiger partial charge in [-0.15, -0.1) is 0 Å². The van der Waals surface area contributed by atoms with Crippen LogP contribution in [0.3, 0.4) is 0 Å². The Labute approximate surface area is 117 Å². The largest absolute Gasteiger partial charge is 0.383 e. The van der Waals surface area contributed by atoms with Gasteiger partial charge in [0, 0.05) is 33.3 Å². The Balaban J connectivity index is 1.71. The number of hydrogen-bond acceptors (Lipinski definition) is 3. The lowest BCUT2D eigenvalue weighted by Crippen LogP contribution is -2.30. The van der Waals surface area contributed by atoms with Gasteiger partial charge in [0.25, 0.3) is 0 Å². The van der Waals surface area contributed by atoms with Crippen LogP contribution in [0.25, 0.3) is 0 Å². The molecule has 0 radical (unpaired) electrons. The van der Waals surface area contributed by atoms with E-state index in [1.807, 2.05) is 0 Å². The Kier molecular flexibility index (Phi) is 5.83. The molecule has 19 heavy (non-hydrogen) atoms. The summed E-state index contributed by atoms with van der Waals surface area (Å²) in [7, 11) is 3.96. The van der Waals surface area contributed by atoms with Gasteiger partial charge < -0.3 is 9.64 Å². The first-order valence-electron chi connectivity index (χ1n) is 7.21. The van der Waals surface area contributed by atoms with Crippen LogP contribution in [0.2, 0.25) is 0 Å². The third-order valence-corrected chi connectivity index (χ3v) is 3.87. The summed E-state index contributed by atoms with van der Waals surface area (Å²) in [5.41, 5.74) is 1.43. The highest BCUT2D eigenvalue weighted by molar-refractivity contribution is 5.14. The second kappa shape index (κ2) is 7.63. The maximum atomic E-state index is 5.13. The van der Waals surface area contributed by atoms with E-state index in [4.69, 9.17) is 4.74 Å². The van der Waals surface area contributed by atoms with Gasteiger partial charge in [-0.1, -0.05) is 30.3 Å². The maximum absolute atomic E-state index is 5.13. The number of benzene rings is 1. The fourth-order valence-electron chi connectivity index (χ4n) is 2.83. The van der Waals surface area contributed by atoms with Gasteiger partial charge in [-0.2, -0.15) is 0 Å². The Morgan fingerprint density at radius 1 is 1.32 bits per heavy atom. The number of nitrogens with zero attached hydrogens (tertiary/aromatic N) is 2. The van der Waals surface area contributed by atoms with Crippen LogP contribution in [0.1, 0.15) is 12.0 Å². The maximum Gasteiger partial charge on any atom is 0.0589 e. The molecule has 1 unspecified atom stereocenters. The average Bonchev–Trinajstić information content (AvgIpc) is 2.85. The Morgan fingerprint density at radius 3 is 2.84 bits per heavy atom. The first-order valence-corrected chi connectivity index (χ1v) is 7.21. The van der Waals surface area contributed by atoms with Crippen LogP contribution in [0.15, 0.2) is 30.3 Å². The first-order chi connectivity index (χ1) is 9.28. The van der Waals surface area contributed by atoms with Gasteiger partial charge in [0.2, 0.25) is 0 Å². The molecule has 0 spiro atoms. The second-order valence-electron chi connectivity index (χ2n) is 5.63. The van der Waals surface area contributed by atoms with Crippen LogP contribution in [0.4, 0.5) is 0 Å². The van der Waals surface area contributed by atoms with E-state index in [0.717, 1.165) is 25.6 Å². The number of ether oxygens (including phenoxy) is 1. The van der Waals surface area contributed by atoms with E-state index in [9.17, 15) is 0 Å². The van der Waals surface area contributed by atoms with Crippen LogP contribution >= 0.6 is 0 Å². The van der Waals surface area contributed by atoms with Gasteiger partial charge in [-0.05, 0) is 31.5 Å². The lowest BCUT2D eigenvalue weighted by Gasteiger charge is -2.21. The van der Waals surface area contributed by atoms with Gasteiger partial charge in [0.05, 0.1) is 6.61 Å². The summed E-state index contributed by atoms with van der Waals surface area (Å²) >= 11 is 0. The Hall–Kier alpha value is -0.900. The molecule has 2 rings (SSSR count). The van der Waals surface area contributed by atoms with E-state index in [1.54, 1.807) is 7.11 Å². The zero-order valence-corrected chi connectivity index (χ0v) is 12.2. The van der Waals surface area contributed by atoms with E-state index in [-0.39, 0.29) is 0 Å². The van der Waals surface area contributed by atoms with Crippen molar-refractivity contribution in [1.29, 1.82) is 0 Å². The highest BCUT2D eigenvalue weighted by Gasteiger charge is 2.23. The molecule has 1 aromatic carbocycles. The minimum atomic E-state index is 0.811. The molecule has 1 aliphatic rings. The zero-order valence-electron chi connectivity index (χ0n) is 12.2. The molecule has 0 aliphatic carbocycles. The summed E-state index contributed by atoms with van der Waals surface area (Å²) in [6, 6.07) is 10.8. The van der Waals surface area contributed by atoms with Crippen LogP contribution in [0.5, 0.6) is 0 Å². The third-order valence-electron chi connectivity index (χ3n) is 3.87. The predicted octanol–water partition coefficient (Wildman–Crippen LogP) is 2.09. The normalized spacial score (nSPS) is 20.3. The summed E-state index contributed by atoms with van der Waals surface area (Å²) < 4.78 is 5.13. The minimum absolute atomic E-state index is 0.811. The van der Waals surface area contributed by atoms with E-state index in [0.29, 0.717) is 0 Å². The zero-order chi connectivity index (χ0) is 13.5. The molecule has 1 heterocycles. The highest BCUT2D eigenvalue weighted by Crippen LogP contribution is 2.19. The number of rotatable bonds is 7. The van der Waals surface area contributed by atoms with Gasteiger partial charge >= 0.3 is 0 Å². The molecule has 106 valence electrons. The molecule has 0 saturated carbocycles. The van der Waals surface area contributed by atoms with Gasteiger partial charge in [-0.25, -0.2) is 0 Å². The second-order valence-corrected chi connectivity index (χ2v) is 5.63. The number of likely N-dealkylation sites (tertiary alicyclic amines) is 1. The van der Waals surface area contributed by atoms with E-state index in [2.05, 4.69) is 47.2 Å². The molecule has 1 saturated heterocycles. The van der Waals surface area contributed by atoms with Crippen molar-refractivity contribution in [1.82, 2.24) is 9.80 Å². The standard InChI is InChI=1S/C16H26N2O/c1-17(10-11-19-2)12-16-8-9-18(14-16)13-15-6-4-3-5-7-15/h3-7,16H,8-14H2,1-2H3. The van der Waals surface area contributed by atoms with Crippen LogP contribution in [-0.2, 0) is 11.3 Å². The van der Waals surface area contributed by atoms with Crippen molar-refractivity contribution in [2.75, 3.05) is 46.9 Å². The molecule has 3 heteroatoms. The van der Waals surface area contributed by atoms with Crippen molar-refractivity contribution in [3.63, 3.8) is 0 Å². The molecule has 0 N–H and O–H groups in total. The summed E-state index contributed by atoms with van der Waals surface area (Å²) in [4.78, 5) is 4.96. The van der Waals surface area contributed by atoms with E-state index < -0.39 is 0 Å². The van der Waals surface area contributed by atoms with Crippen molar-refractivity contribution in [3.8, 4) is 0 Å². The number of hydrogen-bond donors (Lipinski definition) is 0. The van der Waals surface area contributed by atoms with Crippen molar-refractivity contribution in [2.24, 2.45) is 5.92 Å². The number of methoxy groups -OCH3 is 1. The molecule has 1 atom stereocenters. The van der Waals surface area contributed by atoms with Gasteiger partial charge in [0.1, 0.15) is 0 Å². The highest BCUT2D eigenvalue weighted by atomic mass is 16.5. The topological polar surface area (TPSA) is 15.7 Å². The quantitative estimate of drug-likeness (QED) is 0.748. The summed E-state index contributed by atoms with van der Waals surface area (Å²) in [6.45, 7) is 6.61. The Morgan fingerprint density at radius 2 is 2.11 bits per heavy atom. The van der Waals surface area contributed by atoms with Crippen molar-refractivity contribution in [3.05, 3.63) is 35.9 Å². The lowest BCUT2D eigenvalue weighted by atomic mass is 10.1. The van der Waals surface area contributed by atoms with E-state index >= 15 is 0 Å².